The Bertz CT molecular complexity index is 860. The minimum Gasteiger partial charge on any atom is -0.467 e. The van der Waals surface area contributed by atoms with Crippen LogP contribution in [-0.2, 0) is 22.7 Å². The van der Waals surface area contributed by atoms with Crippen LogP contribution in [-0.4, -0.2) is 35.7 Å². The lowest BCUT2D eigenvalue weighted by Gasteiger charge is -2.62. The van der Waals surface area contributed by atoms with E-state index in [0.717, 1.165) is 43.6 Å². The SMILES string of the molecule is CN(Cc1ccco1)C(=O)CC12CC3CC(C1)CC(CC(=O)N(C)Cc1ccco1)(C3)C2. The Morgan fingerprint density at radius 2 is 1.28 bits per heavy atom. The van der Waals surface area contributed by atoms with E-state index in [-0.39, 0.29) is 22.6 Å². The van der Waals surface area contributed by atoms with Crippen LogP contribution in [0.3, 0.4) is 0 Å². The van der Waals surface area contributed by atoms with Crippen molar-refractivity contribution in [3.05, 3.63) is 48.3 Å². The number of furan rings is 2. The van der Waals surface area contributed by atoms with E-state index in [1.807, 2.05) is 38.4 Å². The van der Waals surface area contributed by atoms with Gasteiger partial charge in [-0.3, -0.25) is 9.59 Å². The summed E-state index contributed by atoms with van der Waals surface area (Å²) in [4.78, 5) is 29.9. The van der Waals surface area contributed by atoms with Crippen LogP contribution < -0.4 is 0 Å². The Balaban J connectivity index is 1.26. The molecule has 0 aliphatic heterocycles. The van der Waals surface area contributed by atoms with Crippen LogP contribution in [0.25, 0.3) is 0 Å². The van der Waals surface area contributed by atoms with Crippen molar-refractivity contribution in [2.24, 2.45) is 22.7 Å². The van der Waals surface area contributed by atoms with Crippen LogP contribution in [0.4, 0.5) is 0 Å². The molecule has 4 fully saturated rings. The zero-order chi connectivity index (χ0) is 22.3. The molecule has 4 aliphatic rings. The fourth-order valence-corrected chi connectivity index (χ4v) is 7.42. The van der Waals surface area contributed by atoms with E-state index in [1.165, 1.54) is 6.42 Å². The summed E-state index contributed by atoms with van der Waals surface area (Å²) in [5.74, 6) is 3.32. The van der Waals surface area contributed by atoms with Gasteiger partial charge >= 0.3 is 0 Å². The highest BCUT2D eigenvalue weighted by Crippen LogP contribution is 2.67. The van der Waals surface area contributed by atoms with Crippen molar-refractivity contribution in [1.29, 1.82) is 0 Å². The molecule has 32 heavy (non-hydrogen) atoms. The molecule has 0 aromatic carbocycles. The maximum absolute atomic E-state index is 13.2. The second-order valence-corrected chi connectivity index (χ2v) is 11.0. The van der Waals surface area contributed by atoms with Crippen LogP contribution in [0.15, 0.2) is 45.6 Å². The number of carbonyl (C=O) groups is 2. The van der Waals surface area contributed by atoms with Crippen LogP contribution in [0.1, 0.15) is 62.9 Å². The van der Waals surface area contributed by atoms with E-state index in [1.54, 1.807) is 22.3 Å². The minimum atomic E-state index is 0.0540. The summed E-state index contributed by atoms with van der Waals surface area (Å²) in [6.07, 6.45) is 11.3. The first-order valence-electron chi connectivity index (χ1n) is 11.9. The topological polar surface area (TPSA) is 66.9 Å². The van der Waals surface area contributed by atoms with Gasteiger partial charge in [0.2, 0.25) is 11.8 Å². The lowest BCUT2D eigenvalue weighted by atomic mass is 9.43. The van der Waals surface area contributed by atoms with E-state index in [9.17, 15) is 9.59 Å². The van der Waals surface area contributed by atoms with Gasteiger partial charge in [-0.05, 0) is 85.5 Å². The van der Waals surface area contributed by atoms with Crippen LogP contribution in [0, 0.1) is 22.7 Å². The summed E-state index contributed by atoms with van der Waals surface area (Å²) in [5.41, 5.74) is 0.108. The number of amides is 2. The van der Waals surface area contributed by atoms with Gasteiger partial charge in [0.15, 0.2) is 0 Å². The van der Waals surface area contributed by atoms with Gasteiger partial charge in [0.1, 0.15) is 11.5 Å². The van der Waals surface area contributed by atoms with Crippen molar-refractivity contribution >= 4 is 11.8 Å². The largest absolute Gasteiger partial charge is 0.467 e. The zero-order valence-electron chi connectivity index (χ0n) is 19.2. The molecule has 0 radical (unpaired) electrons. The highest BCUT2D eigenvalue weighted by atomic mass is 16.3. The van der Waals surface area contributed by atoms with Crippen molar-refractivity contribution < 1.29 is 18.4 Å². The number of hydrogen-bond acceptors (Lipinski definition) is 4. The molecule has 172 valence electrons. The molecule has 4 saturated carbocycles. The average Bonchev–Trinajstić information content (AvgIpc) is 3.40. The normalized spacial score (nSPS) is 30.4. The Hall–Kier alpha value is -2.50. The number of nitrogens with zero attached hydrogens (tertiary/aromatic N) is 2. The molecular formula is C26H34N2O4. The lowest BCUT2D eigenvalue weighted by molar-refractivity contribution is -0.154. The first kappa shape index (κ1) is 21.4. The second-order valence-electron chi connectivity index (χ2n) is 11.0. The molecule has 0 N–H and O–H groups in total. The lowest BCUT2D eigenvalue weighted by Crippen LogP contribution is -2.54. The molecule has 6 nitrogen and oxygen atoms in total. The molecule has 0 unspecified atom stereocenters. The molecule has 6 rings (SSSR count). The van der Waals surface area contributed by atoms with Crippen LogP contribution in [0.5, 0.6) is 0 Å². The van der Waals surface area contributed by atoms with Crippen molar-refractivity contribution in [2.45, 2.75) is 64.5 Å². The maximum Gasteiger partial charge on any atom is 0.223 e. The van der Waals surface area contributed by atoms with E-state index in [4.69, 9.17) is 8.83 Å². The average molecular weight is 439 g/mol. The Morgan fingerprint density at radius 3 is 1.66 bits per heavy atom. The Morgan fingerprint density at radius 1 is 0.844 bits per heavy atom. The summed E-state index contributed by atoms with van der Waals surface area (Å²) in [6, 6.07) is 7.54. The third kappa shape index (κ3) is 4.24. The Labute approximate surface area is 189 Å². The molecule has 2 heterocycles. The van der Waals surface area contributed by atoms with Gasteiger partial charge < -0.3 is 18.6 Å². The molecular weight excluding hydrogens is 404 g/mol. The molecule has 4 aliphatic carbocycles. The number of rotatable bonds is 8. The summed E-state index contributed by atoms with van der Waals surface area (Å²) in [6.45, 7) is 1.02. The molecule has 6 heteroatoms. The monoisotopic (exact) mass is 438 g/mol. The maximum atomic E-state index is 13.2. The van der Waals surface area contributed by atoms with E-state index >= 15 is 0 Å². The second kappa shape index (κ2) is 8.13. The quantitative estimate of drug-likeness (QED) is 0.591. The summed E-state index contributed by atoms with van der Waals surface area (Å²) in [5, 5.41) is 0. The molecule has 0 saturated heterocycles. The van der Waals surface area contributed by atoms with Crippen molar-refractivity contribution in [3.8, 4) is 0 Å². The number of hydrogen-bond donors (Lipinski definition) is 0. The Kier molecular flexibility index (Phi) is 5.42. The summed E-state index contributed by atoms with van der Waals surface area (Å²) in [7, 11) is 3.74. The smallest absolute Gasteiger partial charge is 0.223 e. The first-order chi connectivity index (χ1) is 15.3. The predicted octanol–water partition coefficient (Wildman–Crippen LogP) is 4.86. The molecule has 2 amide bonds. The molecule has 0 spiro atoms. The van der Waals surface area contributed by atoms with E-state index in [0.29, 0.717) is 37.8 Å². The van der Waals surface area contributed by atoms with E-state index < -0.39 is 0 Å². The zero-order valence-corrected chi connectivity index (χ0v) is 19.2. The van der Waals surface area contributed by atoms with Gasteiger partial charge in [0, 0.05) is 26.9 Å². The van der Waals surface area contributed by atoms with Crippen molar-refractivity contribution in [1.82, 2.24) is 9.80 Å². The minimum absolute atomic E-state index is 0.0540. The van der Waals surface area contributed by atoms with Gasteiger partial charge in [0.25, 0.3) is 0 Å². The molecule has 2 aromatic heterocycles. The molecule has 4 bridgehead atoms. The molecule has 2 aromatic rings. The molecule has 0 atom stereocenters. The van der Waals surface area contributed by atoms with E-state index in [2.05, 4.69) is 0 Å². The third-order valence-electron chi connectivity index (χ3n) is 8.15. The third-order valence-corrected chi connectivity index (χ3v) is 8.15. The van der Waals surface area contributed by atoms with Gasteiger partial charge in [-0.1, -0.05) is 0 Å². The predicted molar refractivity (Wildman–Crippen MR) is 119 cm³/mol. The summed E-state index contributed by atoms with van der Waals surface area (Å²) < 4.78 is 10.8. The van der Waals surface area contributed by atoms with Gasteiger partial charge in [-0.2, -0.15) is 0 Å². The highest BCUT2D eigenvalue weighted by molar-refractivity contribution is 5.78. The number of carbonyl (C=O) groups excluding carboxylic acids is 2. The highest BCUT2D eigenvalue weighted by Gasteiger charge is 2.58. The fourth-order valence-electron chi connectivity index (χ4n) is 7.42. The van der Waals surface area contributed by atoms with Crippen LogP contribution >= 0.6 is 0 Å². The van der Waals surface area contributed by atoms with Crippen LogP contribution in [0.2, 0.25) is 0 Å². The first-order valence-corrected chi connectivity index (χ1v) is 11.9. The summed E-state index contributed by atoms with van der Waals surface area (Å²) >= 11 is 0. The van der Waals surface area contributed by atoms with Gasteiger partial charge in [-0.25, -0.2) is 0 Å². The van der Waals surface area contributed by atoms with Gasteiger partial charge in [0.05, 0.1) is 25.6 Å². The van der Waals surface area contributed by atoms with Crippen molar-refractivity contribution in [2.75, 3.05) is 14.1 Å². The standard InChI is InChI=1S/C26H34N2O4/c1-27(16-21-5-3-7-31-21)23(29)14-25-10-19-9-20(11-25)13-26(12-19,18-25)15-24(30)28(2)17-22-6-4-8-32-22/h3-8,19-20H,9-18H2,1-2H3. The van der Waals surface area contributed by atoms with Crippen molar-refractivity contribution in [3.63, 3.8) is 0 Å². The fraction of sp³-hybridized carbons (Fsp3) is 0.615. The van der Waals surface area contributed by atoms with Gasteiger partial charge in [-0.15, -0.1) is 0 Å².